The lowest BCUT2D eigenvalue weighted by molar-refractivity contribution is -0.153. The van der Waals surface area contributed by atoms with Crippen molar-refractivity contribution in [2.75, 3.05) is 37.9 Å². The molecule has 0 unspecified atom stereocenters. The van der Waals surface area contributed by atoms with Crippen LogP contribution in [0, 0.1) is 5.41 Å². The molecule has 0 atom stereocenters. The lowest BCUT2D eigenvalue weighted by Gasteiger charge is -2.39. The van der Waals surface area contributed by atoms with E-state index in [-0.39, 0.29) is 12.0 Å². The second-order valence-corrected chi connectivity index (χ2v) is 8.46. The van der Waals surface area contributed by atoms with Crippen molar-refractivity contribution in [2.45, 2.75) is 12.8 Å². The van der Waals surface area contributed by atoms with Crippen LogP contribution in [0.25, 0.3) is 0 Å². The molecule has 116 valence electrons. The van der Waals surface area contributed by atoms with Crippen molar-refractivity contribution < 1.29 is 18.8 Å². The standard InChI is InChI=1S/C15H21NO4S/c17-9-15(10-19-11-15)12-20-14-5-3-4-13(8-14)16-21(18)6-1-2-7-21/h3-5,8,17H,1-2,6-7,9-12H2. The minimum absolute atomic E-state index is 0.0604. The molecule has 2 aliphatic rings. The zero-order valence-corrected chi connectivity index (χ0v) is 12.8. The average molecular weight is 311 g/mol. The van der Waals surface area contributed by atoms with Crippen LogP contribution in [0.5, 0.6) is 5.75 Å². The van der Waals surface area contributed by atoms with Gasteiger partial charge in [0.15, 0.2) is 0 Å². The van der Waals surface area contributed by atoms with Gasteiger partial charge in [-0.25, -0.2) is 4.21 Å². The van der Waals surface area contributed by atoms with Crippen molar-refractivity contribution in [3.63, 3.8) is 0 Å². The third kappa shape index (κ3) is 3.39. The molecule has 2 aliphatic heterocycles. The molecule has 1 aromatic rings. The van der Waals surface area contributed by atoms with Crippen LogP contribution in [0.1, 0.15) is 12.8 Å². The highest BCUT2D eigenvalue weighted by molar-refractivity contribution is 7.93. The minimum Gasteiger partial charge on any atom is -0.493 e. The summed E-state index contributed by atoms with van der Waals surface area (Å²) >= 11 is 0. The van der Waals surface area contributed by atoms with E-state index in [2.05, 4.69) is 4.36 Å². The van der Waals surface area contributed by atoms with Gasteiger partial charge in [0.05, 0.1) is 40.7 Å². The van der Waals surface area contributed by atoms with E-state index in [1.165, 1.54) is 0 Å². The first-order valence-corrected chi connectivity index (χ1v) is 9.13. The summed E-state index contributed by atoms with van der Waals surface area (Å²) in [5.41, 5.74) is 0.436. The van der Waals surface area contributed by atoms with E-state index >= 15 is 0 Å². The maximum absolute atomic E-state index is 12.4. The van der Waals surface area contributed by atoms with Gasteiger partial charge in [-0.2, -0.15) is 4.36 Å². The van der Waals surface area contributed by atoms with Crippen molar-refractivity contribution in [3.8, 4) is 5.75 Å². The predicted octanol–water partition coefficient (Wildman–Crippen LogP) is 1.97. The molecule has 0 bridgehead atoms. The van der Waals surface area contributed by atoms with Crippen LogP contribution in [0.2, 0.25) is 0 Å². The first-order chi connectivity index (χ1) is 10.1. The Morgan fingerprint density at radius 1 is 1.33 bits per heavy atom. The van der Waals surface area contributed by atoms with Crippen molar-refractivity contribution in [3.05, 3.63) is 24.3 Å². The average Bonchev–Trinajstić information content (AvgIpc) is 2.85. The van der Waals surface area contributed by atoms with Gasteiger partial charge in [-0.15, -0.1) is 0 Å². The highest BCUT2D eigenvalue weighted by Gasteiger charge is 2.39. The van der Waals surface area contributed by atoms with Crippen LogP contribution in [0.15, 0.2) is 28.6 Å². The third-order valence-corrected chi connectivity index (χ3v) is 6.36. The number of hydrogen-bond donors (Lipinski definition) is 1. The summed E-state index contributed by atoms with van der Waals surface area (Å²) in [5, 5.41) is 9.38. The van der Waals surface area contributed by atoms with Gasteiger partial charge in [-0.3, -0.25) is 0 Å². The van der Waals surface area contributed by atoms with Crippen molar-refractivity contribution >= 4 is 15.4 Å². The summed E-state index contributed by atoms with van der Waals surface area (Å²) in [6, 6.07) is 7.38. The van der Waals surface area contributed by atoms with Crippen molar-refractivity contribution in [1.82, 2.24) is 0 Å². The Balaban J connectivity index is 1.70. The molecule has 2 heterocycles. The summed E-state index contributed by atoms with van der Waals surface area (Å²) < 4.78 is 27.7. The number of nitrogens with zero attached hydrogens (tertiary/aromatic N) is 1. The van der Waals surface area contributed by atoms with Gasteiger partial charge in [-0.05, 0) is 25.0 Å². The van der Waals surface area contributed by atoms with E-state index in [0.717, 1.165) is 12.8 Å². The largest absolute Gasteiger partial charge is 0.493 e. The molecular formula is C15H21NO4S. The number of aliphatic hydroxyl groups excluding tert-OH is 1. The molecule has 0 spiro atoms. The first-order valence-electron chi connectivity index (χ1n) is 7.27. The van der Waals surface area contributed by atoms with E-state index in [0.29, 0.717) is 42.8 Å². The second-order valence-electron chi connectivity index (χ2n) is 5.92. The van der Waals surface area contributed by atoms with E-state index in [1.54, 1.807) is 0 Å². The molecule has 1 aromatic carbocycles. The highest BCUT2D eigenvalue weighted by atomic mass is 32.2. The van der Waals surface area contributed by atoms with Crippen LogP contribution in [-0.2, 0) is 14.5 Å². The van der Waals surface area contributed by atoms with Crippen LogP contribution in [-0.4, -0.2) is 47.2 Å². The van der Waals surface area contributed by atoms with Crippen LogP contribution >= 0.6 is 0 Å². The molecule has 2 saturated heterocycles. The van der Waals surface area contributed by atoms with E-state index in [9.17, 15) is 9.32 Å². The molecule has 0 aliphatic carbocycles. The summed E-state index contributed by atoms with van der Waals surface area (Å²) in [6.07, 6.45) is 2.00. The highest BCUT2D eigenvalue weighted by Crippen LogP contribution is 2.29. The monoisotopic (exact) mass is 311 g/mol. The van der Waals surface area contributed by atoms with Crippen LogP contribution in [0.3, 0.4) is 0 Å². The van der Waals surface area contributed by atoms with Gasteiger partial charge < -0.3 is 14.6 Å². The van der Waals surface area contributed by atoms with Gasteiger partial charge in [0.25, 0.3) is 0 Å². The summed E-state index contributed by atoms with van der Waals surface area (Å²) in [6.45, 7) is 1.54. The number of ether oxygens (including phenoxy) is 2. The van der Waals surface area contributed by atoms with Crippen LogP contribution < -0.4 is 4.74 Å². The van der Waals surface area contributed by atoms with Crippen molar-refractivity contribution in [2.24, 2.45) is 9.78 Å². The Labute approximate surface area is 125 Å². The molecular weight excluding hydrogens is 290 g/mol. The van der Waals surface area contributed by atoms with Gasteiger partial charge in [-0.1, -0.05) is 6.07 Å². The molecule has 0 amide bonds. The molecule has 0 saturated carbocycles. The number of aliphatic hydroxyl groups is 1. The second kappa shape index (κ2) is 5.94. The number of rotatable bonds is 5. The SMILES string of the molecule is O=S1(=Nc2cccc(OCC3(CO)COC3)c2)CCCC1. The van der Waals surface area contributed by atoms with Gasteiger partial charge in [0.2, 0.25) is 0 Å². The number of hydrogen-bond acceptors (Lipinski definition) is 5. The zero-order chi connectivity index (χ0) is 14.8. The smallest absolute Gasteiger partial charge is 0.121 e. The summed E-state index contributed by atoms with van der Waals surface area (Å²) in [7, 11) is -2.06. The van der Waals surface area contributed by atoms with Gasteiger partial charge >= 0.3 is 0 Å². The third-order valence-electron chi connectivity index (χ3n) is 3.96. The lowest BCUT2D eigenvalue weighted by Crippen LogP contribution is -2.49. The quantitative estimate of drug-likeness (QED) is 0.902. The van der Waals surface area contributed by atoms with Crippen molar-refractivity contribution in [1.29, 1.82) is 0 Å². The first kappa shape index (κ1) is 14.8. The van der Waals surface area contributed by atoms with Gasteiger partial charge in [0, 0.05) is 17.6 Å². The maximum atomic E-state index is 12.4. The Bertz CT molecular complexity index is 600. The van der Waals surface area contributed by atoms with E-state index in [1.807, 2.05) is 24.3 Å². The zero-order valence-electron chi connectivity index (χ0n) is 12.0. The fraction of sp³-hybridized carbons (Fsp3) is 0.600. The molecule has 3 rings (SSSR count). The Morgan fingerprint density at radius 3 is 2.71 bits per heavy atom. The number of benzene rings is 1. The minimum atomic E-state index is -2.06. The molecule has 5 nitrogen and oxygen atoms in total. The van der Waals surface area contributed by atoms with E-state index in [4.69, 9.17) is 9.47 Å². The lowest BCUT2D eigenvalue weighted by atomic mass is 9.88. The molecule has 6 heteroatoms. The summed E-state index contributed by atoms with van der Waals surface area (Å²) in [5.74, 6) is 2.09. The predicted molar refractivity (Wildman–Crippen MR) is 81.5 cm³/mol. The maximum Gasteiger partial charge on any atom is 0.121 e. The van der Waals surface area contributed by atoms with E-state index < -0.39 is 9.73 Å². The Kier molecular flexibility index (Phi) is 4.19. The molecule has 21 heavy (non-hydrogen) atoms. The molecule has 0 radical (unpaired) electrons. The molecule has 2 fully saturated rings. The Hall–Kier alpha value is -1.11. The topological polar surface area (TPSA) is 68.1 Å². The fourth-order valence-electron chi connectivity index (χ4n) is 2.52. The Morgan fingerprint density at radius 2 is 2.10 bits per heavy atom. The normalized spacial score (nSPS) is 22.5. The van der Waals surface area contributed by atoms with Crippen LogP contribution in [0.4, 0.5) is 5.69 Å². The fourth-order valence-corrected chi connectivity index (χ4v) is 4.71. The molecule has 0 aromatic heterocycles. The summed E-state index contributed by atoms with van der Waals surface area (Å²) in [4.78, 5) is 0. The molecule has 1 N–H and O–H groups in total. The van der Waals surface area contributed by atoms with Gasteiger partial charge in [0.1, 0.15) is 12.4 Å².